The minimum Gasteiger partial charge on any atom is -0.491 e. The Bertz CT molecular complexity index is 931. The van der Waals surface area contributed by atoms with Crippen molar-refractivity contribution in [1.29, 1.82) is 0 Å². The highest BCUT2D eigenvalue weighted by atomic mass is 35.5. The maximum absolute atomic E-state index is 14.7. The summed E-state index contributed by atoms with van der Waals surface area (Å²) >= 11 is 17.6. The van der Waals surface area contributed by atoms with Crippen molar-refractivity contribution in [2.24, 2.45) is 5.92 Å². The third kappa shape index (κ3) is 4.44. The Morgan fingerprint density at radius 2 is 1.93 bits per heavy atom. The van der Waals surface area contributed by atoms with Gasteiger partial charge in [-0.2, -0.15) is 13.2 Å². The molecule has 4 nitrogen and oxygen atoms in total. The topological polar surface area (TPSA) is 54.1 Å². The lowest BCUT2D eigenvalue weighted by Crippen LogP contribution is -2.23. The lowest BCUT2D eigenvalue weighted by Gasteiger charge is -2.14. The highest BCUT2D eigenvalue weighted by molar-refractivity contribution is 6.32. The van der Waals surface area contributed by atoms with Crippen molar-refractivity contribution in [3.63, 3.8) is 0 Å². The fourth-order valence-electron chi connectivity index (χ4n) is 3.22. The lowest BCUT2D eigenvalue weighted by molar-refractivity contribution is -0.141. The number of aromatic amines is 1. The van der Waals surface area contributed by atoms with Crippen molar-refractivity contribution in [3.8, 4) is 16.9 Å². The molecule has 158 valence electrons. The van der Waals surface area contributed by atoms with Crippen LogP contribution in [0.15, 0.2) is 12.1 Å². The summed E-state index contributed by atoms with van der Waals surface area (Å²) in [4.78, 5) is 13.9. The van der Waals surface area contributed by atoms with Crippen molar-refractivity contribution >= 4 is 40.7 Å². The van der Waals surface area contributed by atoms with E-state index in [4.69, 9.17) is 39.5 Å². The van der Waals surface area contributed by atoms with Crippen LogP contribution in [0.4, 0.5) is 17.6 Å². The maximum Gasteiger partial charge on any atom is 0.431 e. The second-order valence-corrected chi connectivity index (χ2v) is 7.39. The summed E-state index contributed by atoms with van der Waals surface area (Å²) in [6.07, 6.45) is -4.15. The number of benzene rings is 1. The van der Waals surface area contributed by atoms with E-state index >= 15 is 0 Å². The molecule has 1 unspecified atom stereocenters. The van der Waals surface area contributed by atoms with Crippen LogP contribution in [-0.2, 0) is 22.7 Å². The van der Waals surface area contributed by atoms with Gasteiger partial charge in [0.2, 0.25) is 5.91 Å². The summed E-state index contributed by atoms with van der Waals surface area (Å²) in [5.41, 5.74) is -1.70. The molecule has 1 aromatic carbocycles. The normalized spacial score (nSPS) is 16.9. The molecule has 0 aliphatic carbocycles. The number of carbonyl (C=O) groups is 1. The Balaban J connectivity index is 2.04. The van der Waals surface area contributed by atoms with Crippen molar-refractivity contribution in [3.05, 3.63) is 39.9 Å². The van der Waals surface area contributed by atoms with Gasteiger partial charge in [-0.25, -0.2) is 4.39 Å². The molecule has 1 aliphatic rings. The van der Waals surface area contributed by atoms with E-state index in [2.05, 4.69) is 10.3 Å². The van der Waals surface area contributed by atoms with E-state index in [9.17, 15) is 22.4 Å². The number of nitrogens with one attached hydrogen (secondary N) is 2. The quantitative estimate of drug-likeness (QED) is 0.431. The Morgan fingerprint density at radius 3 is 2.48 bits per heavy atom. The van der Waals surface area contributed by atoms with Gasteiger partial charge in [0, 0.05) is 28.9 Å². The van der Waals surface area contributed by atoms with Crippen LogP contribution in [0.1, 0.15) is 23.4 Å². The standard InChI is InChI=1S/C18H15Cl3F4N2O2/c19-5-10-15(13(6-20)27-16(10)18(23,24)25)9-3-14(11(21)4-12(9)22)29-7-8-1-2-26-17(8)28/h3-4,8,27H,1-2,5-7H2,(H,26,28). The number of hydrogen-bond donors (Lipinski definition) is 2. The van der Waals surface area contributed by atoms with Gasteiger partial charge in [0.1, 0.15) is 17.3 Å². The monoisotopic (exact) mass is 472 g/mol. The van der Waals surface area contributed by atoms with Crippen molar-refractivity contribution < 1.29 is 27.1 Å². The summed E-state index contributed by atoms with van der Waals surface area (Å²) in [6, 6.07) is 2.14. The predicted molar refractivity (Wildman–Crippen MR) is 102 cm³/mol. The van der Waals surface area contributed by atoms with E-state index in [1.807, 2.05) is 0 Å². The van der Waals surface area contributed by atoms with E-state index in [1.54, 1.807) is 0 Å². The van der Waals surface area contributed by atoms with Gasteiger partial charge in [-0.05, 0) is 18.6 Å². The lowest BCUT2D eigenvalue weighted by atomic mass is 10.00. The largest absolute Gasteiger partial charge is 0.491 e. The minimum absolute atomic E-state index is 0.00227. The van der Waals surface area contributed by atoms with Gasteiger partial charge in [0.15, 0.2) is 0 Å². The molecule has 1 amide bonds. The average molecular weight is 474 g/mol. The van der Waals surface area contributed by atoms with Crippen LogP contribution in [0.3, 0.4) is 0 Å². The van der Waals surface area contributed by atoms with E-state index in [0.29, 0.717) is 13.0 Å². The highest BCUT2D eigenvalue weighted by Crippen LogP contribution is 2.43. The van der Waals surface area contributed by atoms with Gasteiger partial charge in [-0.3, -0.25) is 4.79 Å². The first-order valence-electron chi connectivity index (χ1n) is 8.50. The fraction of sp³-hybridized carbons (Fsp3) is 0.389. The summed E-state index contributed by atoms with van der Waals surface area (Å²) < 4.78 is 60.3. The first-order chi connectivity index (χ1) is 13.7. The zero-order valence-electron chi connectivity index (χ0n) is 14.7. The second kappa shape index (κ2) is 8.62. The van der Waals surface area contributed by atoms with Crippen LogP contribution >= 0.6 is 34.8 Å². The third-order valence-electron chi connectivity index (χ3n) is 4.63. The first-order valence-corrected chi connectivity index (χ1v) is 9.94. The van der Waals surface area contributed by atoms with E-state index in [1.165, 1.54) is 6.07 Å². The van der Waals surface area contributed by atoms with Gasteiger partial charge < -0.3 is 15.0 Å². The molecule has 0 saturated carbocycles. The van der Waals surface area contributed by atoms with Gasteiger partial charge in [-0.15, -0.1) is 23.2 Å². The molecule has 0 spiro atoms. The third-order valence-corrected chi connectivity index (χ3v) is 5.46. The molecule has 1 atom stereocenters. The highest BCUT2D eigenvalue weighted by Gasteiger charge is 2.38. The SMILES string of the molecule is O=C1NCCC1COc1cc(-c2c(CCl)[nH]c(C(F)(F)F)c2CCl)c(F)cc1Cl. The zero-order valence-corrected chi connectivity index (χ0v) is 17.0. The van der Waals surface area contributed by atoms with Crippen LogP contribution in [0.2, 0.25) is 5.02 Å². The van der Waals surface area contributed by atoms with Crippen LogP contribution in [-0.4, -0.2) is 24.0 Å². The molecular formula is C18H15Cl3F4N2O2. The summed E-state index contributed by atoms with van der Waals surface area (Å²) in [5.74, 6) is -2.21. The van der Waals surface area contributed by atoms with Crippen molar-refractivity contribution in [2.75, 3.05) is 13.2 Å². The summed E-state index contributed by atoms with van der Waals surface area (Å²) in [6.45, 7) is 0.527. The molecule has 29 heavy (non-hydrogen) atoms. The van der Waals surface area contributed by atoms with Crippen molar-refractivity contribution in [2.45, 2.75) is 24.4 Å². The predicted octanol–water partition coefficient (Wildman–Crippen LogP) is 5.49. The average Bonchev–Trinajstić information content (AvgIpc) is 3.23. The molecule has 1 aromatic heterocycles. The molecule has 2 aromatic rings. The number of alkyl halides is 5. The number of aromatic nitrogens is 1. The van der Waals surface area contributed by atoms with Crippen LogP contribution < -0.4 is 10.1 Å². The fourth-order valence-corrected chi connectivity index (χ4v) is 3.90. The summed E-state index contributed by atoms with van der Waals surface area (Å²) in [7, 11) is 0. The number of H-pyrrole nitrogens is 1. The van der Waals surface area contributed by atoms with Crippen molar-refractivity contribution in [1.82, 2.24) is 10.3 Å². The molecule has 1 fully saturated rings. The molecule has 2 heterocycles. The Labute approximate surface area is 178 Å². The molecule has 11 heteroatoms. The number of ether oxygens (including phenoxy) is 1. The van der Waals surface area contributed by atoms with Crippen LogP contribution in [0.5, 0.6) is 5.75 Å². The van der Waals surface area contributed by atoms with Gasteiger partial charge in [0.25, 0.3) is 0 Å². The number of hydrogen-bond acceptors (Lipinski definition) is 2. The van der Waals surface area contributed by atoms with E-state index < -0.39 is 23.6 Å². The Morgan fingerprint density at radius 1 is 1.21 bits per heavy atom. The zero-order chi connectivity index (χ0) is 21.3. The van der Waals surface area contributed by atoms with Gasteiger partial charge >= 0.3 is 6.18 Å². The maximum atomic E-state index is 14.7. The van der Waals surface area contributed by atoms with Crippen LogP contribution in [0, 0.1) is 11.7 Å². The molecule has 0 radical (unpaired) electrons. The number of amides is 1. The number of rotatable bonds is 6. The molecule has 2 N–H and O–H groups in total. The number of carbonyl (C=O) groups excluding carboxylic acids is 1. The van der Waals surface area contributed by atoms with Crippen LogP contribution in [0.25, 0.3) is 11.1 Å². The Kier molecular flexibility index (Phi) is 6.55. The first kappa shape index (κ1) is 22.1. The van der Waals surface area contributed by atoms with Gasteiger partial charge in [0.05, 0.1) is 29.3 Å². The molecule has 1 saturated heterocycles. The smallest absolute Gasteiger partial charge is 0.431 e. The molecule has 0 bridgehead atoms. The summed E-state index contributed by atoms with van der Waals surface area (Å²) in [5, 5.41) is 2.59. The minimum atomic E-state index is -4.72. The van der Waals surface area contributed by atoms with E-state index in [0.717, 1.165) is 6.07 Å². The van der Waals surface area contributed by atoms with Gasteiger partial charge in [-0.1, -0.05) is 11.6 Å². The number of halogens is 7. The second-order valence-electron chi connectivity index (χ2n) is 6.45. The van der Waals surface area contributed by atoms with E-state index in [-0.39, 0.29) is 57.5 Å². The molecular weight excluding hydrogens is 459 g/mol. The Hall–Kier alpha value is -1.64. The molecule has 3 rings (SSSR count). The molecule has 1 aliphatic heterocycles.